The Morgan fingerprint density at radius 2 is 2.10 bits per heavy atom. The molecule has 0 spiro atoms. The largest absolute Gasteiger partial charge is 0.462 e. The SMILES string of the molecule is Cc1cc(F)c(C(=O)OCCC2CC2)cc1S(=O)(=O)Cl. The molecule has 4 nitrogen and oxygen atoms in total. The molecule has 0 aromatic heterocycles. The highest BCUT2D eigenvalue weighted by Crippen LogP contribution is 2.32. The quantitative estimate of drug-likeness (QED) is 0.618. The molecule has 20 heavy (non-hydrogen) atoms. The second-order valence-electron chi connectivity index (χ2n) is 4.90. The first-order valence-corrected chi connectivity index (χ1v) is 8.52. The van der Waals surface area contributed by atoms with Crippen molar-refractivity contribution in [2.24, 2.45) is 5.92 Å². The molecule has 110 valence electrons. The molecule has 0 heterocycles. The van der Waals surface area contributed by atoms with E-state index in [2.05, 4.69) is 0 Å². The van der Waals surface area contributed by atoms with E-state index < -0.39 is 26.4 Å². The van der Waals surface area contributed by atoms with E-state index in [0.29, 0.717) is 5.92 Å². The molecule has 7 heteroatoms. The molecule has 0 atom stereocenters. The third kappa shape index (κ3) is 3.70. The smallest absolute Gasteiger partial charge is 0.341 e. The summed E-state index contributed by atoms with van der Waals surface area (Å²) in [7, 11) is 1.21. The highest BCUT2D eigenvalue weighted by atomic mass is 35.7. The number of esters is 1. The first-order valence-electron chi connectivity index (χ1n) is 6.21. The van der Waals surface area contributed by atoms with Crippen LogP contribution in [0.1, 0.15) is 35.2 Å². The topological polar surface area (TPSA) is 60.4 Å². The fourth-order valence-electron chi connectivity index (χ4n) is 1.87. The van der Waals surface area contributed by atoms with Crippen molar-refractivity contribution in [2.75, 3.05) is 6.61 Å². The Morgan fingerprint density at radius 3 is 2.65 bits per heavy atom. The molecule has 0 bridgehead atoms. The molecular weight excluding hydrogens is 307 g/mol. The Balaban J connectivity index is 2.19. The van der Waals surface area contributed by atoms with Gasteiger partial charge in [0, 0.05) is 10.7 Å². The van der Waals surface area contributed by atoms with Crippen molar-refractivity contribution < 1.29 is 22.3 Å². The second-order valence-corrected chi connectivity index (χ2v) is 7.44. The number of aryl methyl sites for hydroxylation is 1. The first-order chi connectivity index (χ1) is 9.29. The van der Waals surface area contributed by atoms with E-state index in [1.54, 1.807) is 0 Å². The van der Waals surface area contributed by atoms with Crippen molar-refractivity contribution in [2.45, 2.75) is 31.1 Å². The summed E-state index contributed by atoms with van der Waals surface area (Å²) in [4.78, 5) is 11.5. The number of benzene rings is 1. The lowest BCUT2D eigenvalue weighted by molar-refractivity contribution is 0.0489. The zero-order chi connectivity index (χ0) is 14.9. The second kappa shape index (κ2) is 5.69. The van der Waals surface area contributed by atoms with Crippen LogP contribution < -0.4 is 0 Å². The van der Waals surface area contributed by atoms with Gasteiger partial charge in [-0.2, -0.15) is 0 Å². The molecule has 0 amide bonds. The third-order valence-corrected chi connectivity index (χ3v) is 4.67. The lowest BCUT2D eigenvalue weighted by Crippen LogP contribution is -2.11. The molecule has 0 unspecified atom stereocenters. The van der Waals surface area contributed by atoms with Crippen LogP contribution in [0.4, 0.5) is 4.39 Å². The maximum atomic E-state index is 13.7. The van der Waals surface area contributed by atoms with E-state index in [4.69, 9.17) is 15.4 Å². The molecular formula is C13H14ClFO4S. The van der Waals surface area contributed by atoms with Crippen LogP contribution in [0, 0.1) is 18.7 Å². The van der Waals surface area contributed by atoms with Crippen LogP contribution in [0.25, 0.3) is 0 Å². The molecule has 1 aliphatic carbocycles. The lowest BCUT2D eigenvalue weighted by atomic mass is 10.1. The van der Waals surface area contributed by atoms with Crippen LogP contribution >= 0.6 is 10.7 Å². The van der Waals surface area contributed by atoms with E-state index in [9.17, 15) is 17.6 Å². The van der Waals surface area contributed by atoms with Crippen molar-refractivity contribution in [3.05, 3.63) is 29.1 Å². The Bertz CT molecular complexity index is 638. The van der Waals surface area contributed by atoms with Crippen LogP contribution in [0.2, 0.25) is 0 Å². The summed E-state index contributed by atoms with van der Waals surface area (Å²) in [5, 5.41) is 0. The van der Waals surface area contributed by atoms with Crippen molar-refractivity contribution in [3.63, 3.8) is 0 Å². The fourth-order valence-corrected chi connectivity index (χ4v) is 3.08. The van der Waals surface area contributed by atoms with Gasteiger partial charge in [-0.05, 0) is 37.0 Å². The van der Waals surface area contributed by atoms with Crippen molar-refractivity contribution in [1.82, 2.24) is 0 Å². The Labute approximate surface area is 121 Å². The summed E-state index contributed by atoms with van der Waals surface area (Å²) in [6, 6.07) is 1.89. The van der Waals surface area contributed by atoms with Crippen LogP contribution in [-0.2, 0) is 13.8 Å². The van der Waals surface area contributed by atoms with Gasteiger partial charge < -0.3 is 4.74 Å². The van der Waals surface area contributed by atoms with E-state index in [1.165, 1.54) is 6.92 Å². The van der Waals surface area contributed by atoms with Gasteiger partial charge in [0.2, 0.25) is 0 Å². The minimum absolute atomic E-state index is 0.145. The van der Waals surface area contributed by atoms with Gasteiger partial charge in [0.05, 0.1) is 17.1 Å². The Kier molecular flexibility index (Phi) is 4.34. The normalized spacial score (nSPS) is 15.2. The van der Waals surface area contributed by atoms with Crippen molar-refractivity contribution >= 4 is 25.7 Å². The Hall–Kier alpha value is -1.14. The number of carbonyl (C=O) groups excluding carboxylic acids is 1. The fraction of sp³-hybridized carbons (Fsp3) is 0.462. The number of carbonyl (C=O) groups is 1. The number of ether oxygens (including phenoxy) is 1. The molecule has 0 N–H and O–H groups in total. The predicted molar refractivity (Wildman–Crippen MR) is 71.8 cm³/mol. The summed E-state index contributed by atoms with van der Waals surface area (Å²) in [6.07, 6.45) is 3.01. The number of halogens is 2. The molecule has 1 aromatic rings. The van der Waals surface area contributed by atoms with Gasteiger partial charge in [0.25, 0.3) is 9.05 Å². The summed E-state index contributed by atoms with van der Waals surface area (Å²) in [6.45, 7) is 1.61. The van der Waals surface area contributed by atoms with E-state index in [1.807, 2.05) is 0 Å². The number of rotatable bonds is 5. The van der Waals surface area contributed by atoms with Gasteiger partial charge in [0.15, 0.2) is 0 Å². The first kappa shape index (κ1) is 15.3. The van der Waals surface area contributed by atoms with Gasteiger partial charge in [-0.3, -0.25) is 0 Å². The average molecular weight is 321 g/mol. The number of hydrogen-bond donors (Lipinski definition) is 0. The van der Waals surface area contributed by atoms with Gasteiger partial charge in [-0.25, -0.2) is 17.6 Å². The molecule has 2 rings (SSSR count). The highest BCUT2D eigenvalue weighted by molar-refractivity contribution is 8.13. The van der Waals surface area contributed by atoms with Crippen molar-refractivity contribution in [1.29, 1.82) is 0 Å². The van der Waals surface area contributed by atoms with Crippen LogP contribution in [0.5, 0.6) is 0 Å². The third-order valence-electron chi connectivity index (χ3n) is 3.20. The maximum Gasteiger partial charge on any atom is 0.341 e. The van der Waals surface area contributed by atoms with Gasteiger partial charge in [-0.15, -0.1) is 0 Å². The van der Waals surface area contributed by atoms with E-state index >= 15 is 0 Å². The molecule has 0 aliphatic heterocycles. The maximum absolute atomic E-state index is 13.7. The van der Waals surface area contributed by atoms with Crippen molar-refractivity contribution in [3.8, 4) is 0 Å². The monoisotopic (exact) mass is 320 g/mol. The van der Waals surface area contributed by atoms with Gasteiger partial charge in [0.1, 0.15) is 5.82 Å². The molecule has 1 saturated carbocycles. The summed E-state index contributed by atoms with van der Waals surface area (Å²) < 4.78 is 41.4. The molecule has 0 radical (unpaired) electrons. The minimum atomic E-state index is -4.03. The summed E-state index contributed by atoms with van der Waals surface area (Å²) in [5.41, 5.74) is -0.266. The molecule has 1 aromatic carbocycles. The molecule has 0 saturated heterocycles. The van der Waals surface area contributed by atoms with Crippen LogP contribution in [0.3, 0.4) is 0 Å². The number of hydrogen-bond acceptors (Lipinski definition) is 4. The molecule has 1 aliphatic rings. The van der Waals surface area contributed by atoms with E-state index in [-0.39, 0.29) is 17.1 Å². The lowest BCUT2D eigenvalue weighted by Gasteiger charge is -2.08. The highest BCUT2D eigenvalue weighted by Gasteiger charge is 2.23. The standard InChI is InChI=1S/C13H14ClFO4S/c1-8-6-11(15)10(7-12(8)20(14,17)18)13(16)19-5-4-9-2-3-9/h6-7,9H,2-5H2,1H3. The van der Waals surface area contributed by atoms with Crippen LogP contribution in [-0.4, -0.2) is 21.0 Å². The zero-order valence-electron chi connectivity index (χ0n) is 10.9. The minimum Gasteiger partial charge on any atom is -0.462 e. The van der Waals surface area contributed by atoms with E-state index in [0.717, 1.165) is 31.4 Å². The summed E-state index contributed by atoms with van der Waals surface area (Å²) in [5.74, 6) is -1.10. The van der Waals surface area contributed by atoms with Gasteiger partial charge in [-0.1, -0.05) is 12.8 Å². The Morgan fingerprint density at radius 1 is 1.45 bits per heavy atom. The van der Waals surface area contributed by atoms with Gasteiger partial charge >= 0.3 is 5.97 Å². The predicted octanol–water partition coefficient (Wildman–Crippen LogP) is 3.02. The zero-order valence-corrected chi connectivity index (χ0v) is 12.4. The van der Waals surface area contributed by atoms with Crippen LogP contribution in [0.15, 0.2) is 17.0 Å². The molecule has 1 fully saturated rings. The summed E-state index contributed by atoms with van der Waals surface area (Å²) >= 11 is 0. The average Bonchev–Trinajstić information content (AvgIpc) is 3.11.